The van der Waals surface area contributed by atoms with Crippen LogP contribution in [0.25, 0.3) is 11.4 Å². The molecule has 0 radical (unpaired) electrons. The lowest BCUT2D eigenvalue weighted by atomic mass is 10.1. The third-order valence-corrected chi connectivity index (χ3v) is 2.64. The Kier molecular flexibility index (Phi) is 3.77. The zero-order valence-corrected chi connectivity index (χ0v) is 10.6. The van der Waals surface area contributed by atoms with Crippen LogP contribution < -0.4 is 10.5 Å². The van der Waals surface area contributed by atoms with Crippen molar-refractivity contribution in [3.63, 3.8) is 0 Å². The zero-order valence-electron chi connectivity index (χ0n) is 10.6. The molecule has 0 unspecified atom stereocenters. The smallest absolute Gasteiger partial charge is 0.390 e. The van der Waals surface area contributed by atoms with Crippen LogP contribution in [0.5, 0.6) is 5.75 Å². The van der Waals surface area contributed by atoms with Crippen LogP contribution in [0.4, 0.5) is 18.9 Å². The maximum atomic E-state index is 12.3. The lowest BCUT2D eigenvalue weighted by Gasteiger charge is -2.10. The Bertz CT molecular complexity index is 596. The average molecular weight is 287 g/mol. The first kappa shape index (κ1) is 14.1. The lowest BCUT2D eigenvalue weighted by molar-refractivity contribution is -0.137. The second-order valence-corrected chi connectivity index (χ2v) is 4.04. The van der Waals surface area contributed by atoms with Crippen LogP contribution >= 0.6 is 0 Å². The second-order valence-electron chi connectivity index (χ2n) is 4.04. The normalized spacial score (nSPS) is 11.6. The Balaban J connectivity index is 2.32. The summed E-state index contributed by atoms with van der Waals surface area (Å²) in [5, 5.41) is 10.7. The second kappa shape index (κ2) is 5.35. The highest BCUT2D eigenvalue weighted by Gasteiger charge is 2.27. The van der Waals surface area contributed by atoms with Crippen LogP contribution in [-0.2, 0) is 6.54 Å². The van der Waals surface area contributed by atoms with Crippen LogP contribution in [0.3, 0.4) is 0 Å². The van der Waals surface area contributed by atoms with Crippen LogP contribution in [0.15, 0.2) is 18.2 Å². The molecule has 0 saturated carbocycles. The maximum absolute atomic E-state index is 12.3. The molecule has 20 heavy (non-hydrogen) atoms. The van der Waals surface area contributed by atoms with Gasteiger partial charge in [0, 0.05) is 11.3 Å². The number of aromatic nitrogens is 4. The summed E-state index contributed by atoms with van der Waals surface area (Å²) in [6, 6.07) is 4.80. The highest BCUT2D eigenvalue weighted by molar-refractivity contribution is 5.72. The quantitative estimate of drug-likeness (QED) is 0.869. The van der Waals surface area contributed by atoms with Crippen molar-refractivity contribution in [2.24, 2.45) is 0 Å². The minimum absolute atomic E-state index is 0.172. The summed E-state index contributed by atoms with van der Waals surface area (Å²) in [7, 11) is 1.47. The van der Waals surface area contributed by atoms with Gasteiger partial charge in [-0.15, -0.1) is 5.10 Å². The molecule has 1 aromatic heterocycles. The van der Waals surface area contributed by atoms with Gasteiger partial charge in [0.2, 0.25) is 0 Å². The molecule has 0 fully saturated rings. The Morgan fingerprint density at radius 3 is 2.75 bits per heavy atom. The number of hydrogen-bond donors (Lipinski definition) is 1. The molecule has 2 aromatic rings. The number of ether oxygens (including phenoxy) is 1. The van der Waals surface area contributed by atoms with Crippen molar-refractivity contribution in [1.29, 1.82) is 0 Å². The number of nitrogens with zero attached hydrogens (tertiary/aromatic N) is 4. The number of methoxy groups -OCH3 is 1. The number of nitrogens with two attached hydrogens (primary N) is 1. The predicted octanol–water partition coefficient (Wildman–Crippen LogP) is 1.88. The molecule has 0 bridgehead atoms. The van der Waals surface area contributed by atoms with Gasteiger partial charge in [0.1, 0.15) is 5.75 Å². The van der Waals surface area contributed by atoms with E-state index in [4.69, 9.17) is 10.5 Å². The molecule has 0 spiro atoms. The topological polar surface area (TPSA) is 78.8 Å². The van der Waals surface area contributed by atoms with Gasteiger partial charge in [0.05, 0.1) is 20.1 Å². The molecule has 2 rings (SSSR count). The number of halogens is 3. The molecule has 2 N–H and O–H groups in total. The van der Waals surface area contributed by atoms with E-state index in [1.165, 1.54) is 7.11 Å². The first-order valence-corrected chi connectivity index (χ1v) is 5.67. The monoisotopic (exact) mass is 287 g/mol. The predicted molar refractivity (Wildman–Crippen MR) is 64.9 cm³/mol. The number of aryl methyl sites for hydroxylation is 1. The third-order valence-electron chi connectivity index (χ3n) is 2.64. The Morgan fingerprint density at radius 2 is 2.10 bits per heavy atom. The summed E-state index contributed by atoms with van der Waals surface area (Å²) in [4.78, 5) is 0. The van der Waals surface area contributed by atoms with Gasteiger partial charge in [-0.1, -0.05) is 0 Å². The molecule has 0 aliphatic heterocycles. The molecule has 0 amide bonds. The highest BCUT2D eigenvalue weighted by atomic mass is 19.4. The molecule has 108 valence electrons. The van der Waals surface area contributed by atoms with E-state index in [0.29, 0.717) is 17.0 Å². The third kappa shape index (κ3) is 3.16. The van der Waals surface area contributed by atoms with Crippen LogP contribution in [0.2, 0.25) is 0 Å². The van der Waals surface area contributed by atoms with E-state index >= 15 is 0 Å². The van der Waals surface area contributed by atoms with Gasteiger partial charge in [-0.3, -0.25) is 0 Å². The summed E-state index contributed by atoms with van der Waals surface area (Å²) in [6.07, 6.45) is -5.29. The van der Waals surface area contributed by atoms with Gasteiger partial charge < -0.3 is 10.5 Å². The van der Waals surface area contributed by atoms with E-state index in [1.54, 1.807) is 18.2 Å². The molecular weight excluding hydrogens is 275 g/mol. The van der Waals surface area contributed by atoms with Crippen molar-refractivity contribution in [2.75, 3.05) is 12.8 Å². The number of tetrazole rings is 1. The summed E-state index contributed by atoms with van der Waals surface area (Å²) in [6.45, 7) is -0.373. The van der Waals surface area contributed by atoms with E-state index in [2.05, 4.69) is 15.5 Å². The van der Waals surface area contributed by atoms with E-state index in [9.17, 15) is 13.2 Å². The number of hydrogen-bond acceptors (Lipinski definition) is 5. The van der Waals surface area contributed by atoms with Gasteiger partial charge in [0.25, 0.3) is 0 Å². The molecule has 9 heteroatoms. The number of rotatable bonds is 4. The summed E-state index contributed by atoms with van der Waals surface area (Å²) in [5.74, 6) is 0.685. The Hall–Kier alpha value is -2.32. The van der Waals surface area contributed by atoms with Crippen molar-refractivity contribution >= 4 is 5.69 Å². The van der Waals surface area contributed by atoms with Gasteiger partial charge in [-0.2, -0.15) is 13.2 Å². The fourth-order valence-corrected chi connectivity index (χ4v) is 1.64. The van der Waals surface area contributed by atoms with Crippen molar-refractivity contribution < 1.29 is 17.9 Å². The first-order chi connectivity index (χ1) is 9.40. The fourth-order valence-electron chi connectivity index (χ4n) is 1.64. The van der Waals surface area contributed by atoms with Crippen LogP contribution in [0, 0.1) is 0 Å². The molecule has 0 aliphatic rings. The average Bonchev–Trinajstić information content (AvgIpc) is 2.84. The van der Waals surface area contributed by atoms with Gasteiger partial charge in [-0.05, 0) is 28.6 Å². The van der Waals surface area contributed by atoms with E-state index in [-0.39, 0.29) is 12.4 Å². The van der Waals surface area contributed by atoms with Crippen molar-refractivity contribution in [3.8, 4) is 17.1 Å². The van der Waals surface area contributed by atoms with Crippen LogP contribution in [-0.4, -0.2) is 33.5 Å². The van der Waals surface area contributed by atoms with Crippen molar-refractivity contribution in [2.45, 2.75) is 19.1 Å². The maximum Gasteiger partial charge on any atom is 0.390 e. The highest BCUT2D eigenvalue weighted by Crippen LogP contribution is 2.28. The number of benzene rings is 1. The van der Waals surface area contributed by atoms with E-state index in [0.717, 1.165) is 4.68 Å². The molecule has 1 heterocycles. The first-order valence-electron chi connectivity index (χ1n) is 5.67. The summed E-state index contributed by atoms with van der Waals surface area (Å²) < 4.78 is 42.9. The molecule has 0 atom stereocenters. The van der Waals surface area contributed by atoms with Gasteiger partial charge >= 0.3 is 6.18 Å². The van der Waals surface area contributed by atoms with Gasteiger partial charge in [0.15, 0.2) is 5.82 Å². The minimum atomic E-state index is -4.27. The molecule has 1 aromatic carbocycles. The molecule has 0 saturated heterocycles. The number of nitrogen functional groups attached to an aromatic ring is 1. The minimum Gasteiger partial charge on any atom is -0.497 e. The molecule has 0 aliphatic carbocycles. The van der Waals surface area contributed by atoms with Crippen molar-refractivity contribution in [1.82, 2.24) is 20.2 Å². The van der Waals surface area contributed by atoms with E-state index < -0.39 is 12.6 Å². The Labute approximate surface area is 112 Å². The van der Waals surface area contributed by atoms with Gasteiger partial charge in [-0.25, -0.2) is 4.68 Å². The SMILES string of the molecule is COc1ccc(N)c(-c2nnnn2CCC(F)(F)F)c1. The van der Waals surface area contributed by atoms with Crippen LogP contribution in [0.1, 0.15) is 6.42 Å². The Morgan fingerprint density at radius 1 is 1.35 bits per heavy atom. The lowest BCUT2D eigenvalue weighted by Crippen LogP contribution is -2.14. The fraction of sp³-hybridized carbons (Fsp3) is 0.364. The van der Waals surface area contributed by atoms with E-state index in [1.807, 2.05) is 0 Å². The van der Waals surface area contributed by atoms with Crippen molar-refractivity contribution in [3.05, 3.63) is 18.2 Å². The molecular formula is C11H12F3N5O. The number of alkyl halides is 3. The standard InChI is InChI=1S/C11H12F3N5O/c1-20-7-2-3-9(15)8(6-7)10-16-17-18-19(10)5-4-11(12,13)14/h2-3,6H,4-5,15H2,1H3. The largest absolute Gasteiger partial charge is 0.497 e. The summed E-state index contributed by atoms with van der Waals surface area (Å²) in [5.41, 5.74) is 6.58. The summed E-state index contributed by atoms with van der Waals surface area (Å²) >= 11 is 0. The number of anilines is 1. The zero-order chi connectivity index (χ0) is 14.8. The molecule has 6 nitrogen and oxygen atoms in total.